The van der Waals surface area contributed by atoms with Gasteiger partial charge in [-0.05, 0) is 43.7 Å². The molecule has 136 valence electrons. The number of piperidine rings is 1. The first-order valence-corrected chi connectivity index (χ1v) is 9.01. The molecule has 0 aliphatic carbocycles. The number of rotatable bonds is 5. The number of nitrogens with zero attached hydrogens (tertiary/aromatic N) is 2. The van der Waals surface area contributed by atoms with Gasteiger partial charge in [0, 0.05) is 44.1 Å². The van der Waals surface area contributed by atoms with Crippen LogP contribution in [0.15, 0.2) is 24.3 Å². The summed E-state index contributed by atoms with van der Waals surface area (Å²) >= 11 is 0. The number of ether oxygens (including phenoxy) is 1. The maximum absolute atomic E-state index is 13.0. The minimum atomic E-state index is -0.330. The third-order valence-electron chi connectivity index (χ3n) is 5.01. The van der Waals surface area contributed by atoms with E-state index in [-0.39, 0.29) is 23.4 Å². The van der Waals surface area contributed by atoms with Gasteiger partial charge < -0.3 is 14.5 Å². The summed E-state index contributed by atoms with van der Waals surface area (Å²) < 4.78 is 18.3. The molecule has 2 heterocycles. The fraction of sp³-hybridized carbons (Fsp3) is 0.579. The smallest absolute Gasteiger partial charge is 0.224 e. The number of Topliss-reactive ketones (excluding diaryl/α,β-unsaturated/α-hetero) is 1. The third-order valence-corrected chi connectivity index (χ3v) is 5.01. The highest BCUT2D eigenvalue weighted by Gasteiger charge is 2.27. The zero-order chi connectivity index (χ0) is 17.6. The van der Waals surface area contributed by atoms with Gasteiger partial charge in [-0.15, -0.1) is 0 Å². The summed E-state index contributed by atoms with van der Waals surface area (Å²) in [5.41, 5.74) is 0.567. The second-order valence-electron chi connectivity index (χ2n) is 6.75. The van der Waals surface area contributed by atoms with E-state index in [9.17, 15) is 14.0 Å². The number of likely N-dealkylation sites (tertiary alicyclic amines) is 1. The Morgan fingerprint density at radius 1 is 1.12 bits per heavy atom. The lowest BCUT2D eigenvalue weighted by atomic mass is 9.90. The largest absolute Gasteiger partial charge is 0.378 e. The van der Waals surface area contributed by atoms with Gasteiger partial charge in [0.05, 0.1) is 13.2 Å². The van der Waals surface area contributed by atoms with Gasteiger partial charge in [0.1, 0.15) is 5.82 Å². The fourth-order valence-electron chi connectivity index (χ4n) is 3.55. The van der Waals surface area contributed by atoms with Crippen LogP contribution in [0.25, 0.3) is 0 Å². The molecule has 1 aromatic carbocycles. The zero-order valence-corrected chi connectivity index (χ0v) is 14.5. The highest BCUT2D eigenvalue weighted by molar-refractivity contribution is 5.98. The summed E-state index contributed by atoms with van der Waals surface area (Å²) in [4.78, 5) is 28.9. The summed E-state index contributed by atoms with van der Waals surface area (Å²) in [7, 11) is 0. The molecule has 1 atom stereocenters. The van der Waals surface area contributed by atoms with E-state index in [1.54, 1.807) is 12.1 Å². The average Bonchev–Trinajstić information content (AvgIpc) is 2.67. The average molecular weight is 348 g/mol. The number of carbonyl (C=O) groups is 2. The molecule has 0 radical (unpaired) electrons. The van der Waals surface area contributed by atoms with E-state index in [0.717, 1.165) is 19.4 Å². The number of carbonyl (C=O) groups excluding carboxylic acids is 2. The Bertz CT molecular complexity index is 599. The molecule has 0 N–H and O–H groups in total. The van der Waals surface area contributed by atoms with Crippen molar-refractivity contribution in [2.75, 3.05) is 45.9 Å². The van der Waals surface area contributed by atoms with Crippen molar-refractivity contribution >= 4 is 11.7 Å². The first-order valence-electron chi connectivity index (χ1n) is 9.01. The predicted molar refractivity (Wildman–Crippen MR) is 91.9 cm³/mol. The summed E-state index contributed by atoms with van der Waals surface area (Å²) in [6, 6.07) is 5.76. The quantitative estimate of drug-likeness (QED) is 0.764. The molecule has 0 bridgehead atoms. The van der Waals surface area contributed by atoms with Crippen LogP contribution in [0.4, 0.5) is 4.39 Å². The fourth-order valence-corrected chi connectivity index (χ4v) is 3.55. The van der Waals surface area contributed by atoms with Gasteiger partial charge in [-0.3, -0.25) is 9.59 Å². The van der Waals surface area contributed by atoms with Crippen molar-refractivity contribution in [3.63, 3.8) is 0 Å². The van der Waals surface area contributed by atoms with Gasteiger partial charge in [-0.2, -0.15) is 0 Å². The van der Waals surface area contributed by atoms with Crippen LogP contribution in [-0.2, 0) is 9.53 Å². The Hall–Kier alpha value is -1.79. The Morgan fingerprint density at radius 3 is 2.56 bits per heavy atom. The van der Waals surface area contributed by atoms with Crippen LogP contribution in [0, 0.1) is 11.7 Å². The topological polar surface area (TPSA) is 49.9 Å². The summed E-state index contributed by atoms with van der Waals surface area (Å²) in [6.07, 6.45) is 2.28. The molecule has 2 saturated heterocycles. The summed E-state index contributed by atoms with van der Waals surface area (Å²) in [5.74, 6) is -0.166. The van der Waals surface area contributed by atoms with Crippen LogP contribution in [0.5, 0.6) is 0 Å². The molecule has 0 aromatic heterocycles. The van der Waals surface area contributed by atoms with E-state index in [0.29, 0.717) is 51.4 Å². The minimum Gasteiger partial charge on any atom is -0.378 e. The van der Waals surface area contributed by atoms with E-state index < -0.39 is 0 Å². The molecular weight excluding hydrogens is 323 g/mol. The van der Waals surface area contributed by atoms with Gasteiger partial charge in [-0.25, -0.2) is 4.39 Å². The van der Waals surface area contributed by atoms with Crippen molar-refractivity contribution in [3.8, 4) is 0 Å². The molecule has 25 heavy (non-hydrogen) atoms. The van der Waals surface area contributed by atoms with Crippen molar-refractivity contribution in [3.05, 3.63) is 35.6 Å². The van der Waals surface area contributed by atoms with Crippen LogP contribution >= 0.6 is 0 Å². The number of hydrogen-bond donors (Lipinski definition) is 0. The van der Waals surface area contributed by atoms with E-state index >= 15 is 0 Å². The maximum atomic E-state index is 13.0. The number of morpholine rings is 1. The third kappa shape index (κ3) is 4.86. The Labute approximate surface area is 147 Å². The highest BCUT2D eigenvalue weighted by Crippen LogP contribution is 2.21. The van der Waals surface area contributed by atoms with Crippen LogP contribution in [0.1, 0.15) is 29.6 Å². The molecular formula is C19H25FN2O3. The van der Waals surface area contributed by atoms with Gasteiger partial charge in [-0.1, -0.05) is 0 Å². The van der Waals surface area contributed by atoms with Crippen molar-refractivity contribution in [1.29, 1.82) is 0 Å². The second-order valence-corrected chi connectivity index (χ2v) is 6.75. The number of amides is 1. The maximum Gasteiger partial charge on any atom is 0.224 e. The van der Waals surface area contributed by atoms with Crippen LogP contribution in [-0.4, -0.2) is 67.4 Å². The molecule has 0 saturated carbocycles. The van der Waals surface area contributed by atoms with E-state index in [2.05, 4.69) is 4.90 Å². The molecule has 6 heteroatoms. The Balaban J connectivity index is 1.49. The van der Waals surface area contributed by atoms with Gasteiger partial charge in [0.2, 0.25) is 5.91 Å². The number of hydrogen-bond acceptors (Lipinski definition) is 4. The van der Waals surface area contributed by atoms with Crippen molar-refractivity contribution in [2.45, 2.75) is 19.3 Å². The van der Waals surface area contributed by atoms with E-state index in [1.807, 2.05) is 4.90 Å². The molecule has 1 aromatic rings. The van der Waals surface area contributed by atoms with Gasteiger partial charge >= 0.3 is 0 Å². The lowest BCUT2D eigenvalue weighted by molar-refractivity contribution is -0.135. The number of ketones is 1. The van der Waals surface area contributed by atoms with Crippen LogP contribution < -0.4 is 0 Å². The lowest BCUT2D eigenvalue weighted by Crippen LogP contribution is -2.44. The predicted octanol–water partition coefficient (Wildman–Crippen LogP) is 1.97. The Morgan fingerprint density at radius 2 is 1.84 bits per heavy atom. The molecule has 5 nitrogen and oxygen atoms in total. The SMILES string of the molecule is O=C(c1ccc(F)cc1)[C@@H]1CCCN(CCC(=O)N2CCOCC2)C1. The highest BCUT2D eigenvalue weighted by atomic mass is 19.1. The van der Waals surface area contributed by atoms with Crippen LogP contribution in [0.3, 0.4) is 0 Å². The lowest BCUT2D eigenvalue weighted by Gasteiger charge is -2.33. The normalized spacial score (nSPS) is 22.0. The standard InChI is InChI=1S/C19H25FN2O3/c20-17-5-3-15(4-6-17)19(24)16-2-1-8-21(14-16)9-7-18(23)22-10-12-25-13-11-22/h3-6,16H,1-2,7-14H2/t16-/m1/s1. The zero-order valence-electron chi connectivity index (χ0n) is 14.5. The monoisotopic (exact) mass is 348 g/mol. The first kappa shape index (κ1) is 18.0. The van der Waals surface area contributed by atoms with Crippen LogP contribution in [0.2, 0.25) is 0 Å². The molecule has 3 rings (SSSR count). The molecule has 0 unspecified atom stereocenters. The van der Waals surface area contributed by atoms with E-state index in [4.69, 9.17) is 4.74 Å². The van der Waals surface area contributed by atoms with Crippen molar-refractivity contribution in [1.82, 2.24) is 9.80 Å². The Kier molecular flexibility index (Phi) is 6.15. The first-order chi connectivity index (χ1) is 12.1. The van der Waals surface area contributed by atoms with Crippen molar-refractivity contribution < 1.29 is 18.7 Å². The van der Waals surface area contributed by atoms with Gasteiger partial charge in [0.15, 0.2) is 5.78 Å². The van der Waals surface area contributed by atoms with Gasteiger partial charge in [0.25, 0.3) is 0 Å². The molecule has 2 fully saturated rings. The number of benzene rings is 1. The second kappa shape index (κ2) is 8.54. The summed E-state index contributed by atoms with van der Waals surface area (Å²) in [6.45, 7) is 4.85. The molecule has 2 aliphatic rings. The number of halogens is 1. The molecule has 0 spiro atoms. The molecule has 1 amide bonds. The van der Waals surface area contributed by atoms with Crippen molar-refractivity contribution in [2.24, 2.45) is 5.92 Å². The molecule has 2 aliphatic heterocycles. The summed E-state index contributed by atoms with van der Waals surface area (Å²) in [5, 5.41) is 0. The minimum absolute atomic E-state index is 0.0716. The van der Waals surface area contributed by atoms with E-state index in [1.165, 1.54) is 12.1 Å².